The number of hydrogen-bond acceptors (Lipinski definition) is 4. The van der Waals surface area contributed by atoms with E-state index in [1.807, 2.05) is 36.4 Å². The van der Waals surface area contributed by atoms with Crippen molar-refractivity contribution >= 4 is 28.5 Å². The molecule has 0 unspecified atom stereocenters. The number of hydrogen-bond donors (Lipinski definition) is 2. The van der Waals surface area contributed by atoms with Gasteiger partial charge in [-0.3, -0.25) is 10.1 Å². The zero-order chi connectivity index (χ0) is 20.1. The summed E-state index contributed by atoms with van der Waals surface area (Å²) in [7, 11) is 0. The topological polar surface area (TPSA) is 80.6 Å². The Balaban J connectivity index is 1.81. The zero-order valence-corrected chi connectivity index (χ0v) is 16.2. The van der Waals surface area contributed by atoms with Crippen molar-refractivity contribution in [1.29, 1.82) is 0 Å². The lowest BCUT2D eigenvalue weighted by Crippen LogP contribution is -2.29. The Bertz CT molecular complexity index is 972. The van der Waals surface area contributed by atoms with Crippen molar-refractivity contribution in [2.75, 3.05) is 11.9 Å². The maximum Gasteiger partial charge on any atom is 0.412 e. The molecule has 3 aromatic rings. The highest BCUT2D eigenvalue weighted by molar-refractivity contribution is 6.07. The molecule has 28 heavy (non-hydrogen) atoms. The molecule has 0 spiro atoms. The molecule has 0 bridgehead atoms. The van der Waals surface area contributed by atoms with Crippen LogP contribution in [0.1, 0.15) is 36.9 Å². The van der Waals surface area contributed by atoms with Gasteiger partial charge in [0.2, 0.25) is 0 Å². The first kappa shape index (κ1) is 19.5. The molecule has 2 amide bonds. The van der Waals surface area contributed by atoms with Crippen molar-refractivity contribution in [3.8, 4) is 0 Å². The Morgan fingerprint density at radius 1 is 1.04 bits per heavy atom. The van der Waals surface area contributed by atoms with Gasteiger partial charge in [-0.25, -0.2) is 4.79 Å². The minimum absolute atomic E-state index is 0.275. The SMILES string of the molecule is CC(C)(C)OC(=O)Nc1cc2ccccc2cc1C(=O)NCCc1ccco1. The van der Waals surface area contributed by atoms with Crippen LogP contribution in [0.3, 0.4) is 0 Å². The van der Waals surface area contributed by atoms with Crippen LogP contribution in [0.25, 0.3) is 10.8 Å². The maximum absolute atomic E-state index is 12.8. The highest BCUT2D eigenvalue weighted by Crippen LogP contribution is 2.25. The molecule has 2 aromatic carbocycles. The minimum Gasteiger partial charge on any atom is -0.469 e. The molecule has 0 aliphatic rings. The molecule has 1 heterocycles. The molecular weight excluding hydrogens is 356 g/mol. The Morgan fingerprint density at radius 3 is 2.39 bits per heavy atom. The Labute approximate surface area is 163 Å². The van der Waals surface area contributed by atoms with Crippen LogP contribution in [0.2, 0.25) is 0 Å². The summed E-state index contributed by atoms with van der Waals surface area (Å²) in [4.78, 5) is 25.0. The smallest absolute Gasteiger partial charge is 0.412 e. The van der Waals surface area contributed by atoms with Gasteiger partial charge in [-0.15, -0.1) is 0 Å². The summed E-state index contributed by atoms with van der Waals surface area (Å²) >= 11 is 0. The van der Waals surface area contributed by atoms with E-state index in [-0.39, 0.29) is 5.91 Å². The molecule has 6 nitrogen and oxygen atoms in total. The van der Waals surface area contributed by atoms with Gasteiger partial charge in [-0.1, -0.05) is 24.3 Å². The van der Waals surface area contributed by atoms with Crippen LogP contribution in [-0.2, 0) is 11.2 Å². The third-order valence-corrected chi connectivity index (χ3v) is 4.00. The second-order valence-electron chi connectivity index (χ2n) is 7.46. The summed E-state index contributed by atoms with van der Waals surface area (Å²) in [5, 5.41) is 7.40. The molecular formula is C22H24N2O4. The van der Waals surface area contributed by atoms with Gasteiger partial charge in [0.15, 0.2) is 0 Å². The third-order valence-electron chi connectivity index (χ3n) is 4.00. The average Bonchev–Trinajstić information content (AvgIpc) is 3.12. The Morgan fingerprint density at radius 2 is 1.75 bits per heavy atom. The Hall–Kier alpha value is -3.28. The first-order valence-corrected chi connectivity index (χ1v) is 9.15. The van der Waals surface area contributed by atoms with E-state index in [0.29, 0.717) is 24.2 Å². The van der Waals surface area contributed by atoms with E-state index < -0.39 is 11.7 Å². The fourth-order valence-corrected chi connectivity index (χ4v) is 2.79. The monoisotopic (exact) mass is 380 g/mol. The number of carbonyl (C=O) groups is 2. The van der Waals surface area contributed by atoms with Crippen LogP contribution in [0, 0.1) is 0 Å². The third kappa shape index (κ3) is 5.13. The number of furan rings is 1. The first-order chi connectivity index (χ1) is 13.3. The molecule has 0 fully saturated rings. The maximum atomic E-state index is 12.8. The number of rotatable bonds is 5. The van der Waals surface area contributed by atoms with Gasteiger partial charge in [-0.2, -0.15) is 0 Å². The molecule has 3 rings (SSSR count). The highest BCUT2D eigenvalue weighted by Gasteiger charge is 2.19. The molecule has 2 N–H and O–H groups in total. The van der Waals surface area contributed by atoms with Gasteiger partial charge >= 0.3 is 6.09 Å². The summed E-state index contributed by atoms with van der Waals surface area (Å²) in [5.74, 6) is 0.522. The van der Waals surface area contributed by atoms with Gasteiger partial charge in [0.05, 0.1) is 17.5 Å². The molecule has 1 aromatic heterocycles. The number of amides is 2. The molecule has 0 saturated carbocycles. The van der Waals surface area contributed by atoms with Crippen molar-refractivity contribution < 1.29 is 18.7 Å². The summed E-state index contributed by atoms with van der Waals surface area (Å²) in [5.41, 5.74) is 0.152. The van der Waals surface area contributed by atoms with Crippen molar-refractivity contribution in [2.45, 2.75) is 32.8 Å². The van der Waals surface area contributed by atoms with Gasteiger partial charge < -0.3 is 14.5 Å². The first-order valence-electron chi connectivity index (χ1n) is 9.15. The van der Waals surface area contributed by atoms with Crippen molar-refractivity contribution in [3.05, 3.63) is 66.1 Å². The van der Waals surface area contributed by atoms with E-state index in [4.69, 9.17) is 9.15 Å². The number of benzene rings is 2. The predicted molar refractivity (Wildman–Crippen MR) is 109 cm³/mol. The van der Waals surface area contributed by atoms with E-state index in [1.54, 1.807) is 39.2 Å². The summed E-state index contributed by atoms with van der Waals surface area (Å²) in [6.45, 7) is 5.78. The minimum atomic E-state index is -0.633. The van der Waals surface area contributed by atoms with Gasteiger partial charge in [0, 0.05) is 13.0 Å². The zero-order valence-electron chi connectivity index (χ0n) is 16.2. The number of anilines is 1. The lowest BCUT2D eigenvalue weighted by atomic mass is 10.0. The van der Waals surface area contributed by atoms with Gasteiger partial charge in [0.25, 0.3) is 5.91 Å². The van der Waals surface area contributed by atoms with Gasteiger partial charge in [-0.05, 0) is 55.8 Å². The molecule has 0 aliphatic heterocycles. The largest absolute Gasteiger partial charge is 0.469 e. The van der Waals surface area contributed by atoms with Crippen LogP contribution in [0.4, 0.5) is 10.5 Å². The molecule has 146 valence electrons. The van der Waals surface area contributed by atoms with E-state index in [2.05, 4.69) is 10.6 Å². The molecule has 0 saturated heterocycles. The van der Waals surface area contributed by atoms with E-state index in [0.717, 1.165) is 16.5 Å². The summed E-state index contributed by atoms with van der Waals surface area (Å²) in [6.07, 6.45) is 1.58. The number of ether oxygens (including phenoxy) is 1. The molecule has 6 heteroatoms. The highest BCUT2D eigenvalue weighted by atomic mass is 16.6. The van der Waals surface area contributed by atoms with Crippen LogP contribution in [0.5, 0.6) is 0 Å². The van der Waals surface area contributed by atoms with E-state index >= 15 is 0 Å². The number of carbonyl (C=O) groups excluding carboxylic acids is 2. The fourth-order valence-electron chi connectivity index (χ4n) is 2.79. The lowest BCUT2D eigenvalue weighted by molar-refractivity contribution is 0.0636. The predicted octanol–water partition coefficient (Wildman–Crippen LogP) is 4.75. The number of fused-ring (bicyclic) bond motifs is 1. The van der Waals surface area contributed by atoms with Crippen molar-refractivity contribution in [1.82, 2.24) is 5.32 Å². The van der Waals surface area contributed by atoms with Crippen LogP contribution in [0.15, 0.2) is 59.2 Å². The fraction of sp³-hybridized carbons (Fsp3) is 0.273. The second kappa shape index (κ2) is 8.17. The van der Waals surface area contributed by atoms with Crippen LogP contribution >= 0.6 is 0 Å². The van der Waals surface area contributed by atoms with Crippen molar-refractivity contribution in [2.24, 2.45) is 0 Å². The van der Waals surface area contributed by atoms with E-state index in [9.17, 15) is 9.59 Å². The van der Waals surface area contributed by atoms with Crippen LogP contribution in [-0.4, -0.2) is 24.1 Å². The van der Waals surface area contributed by atoms with E-state index in [1.165, 1.54) is 0 Å². The number of nitrogens with one attached hydrogen (secondary N) is 2. The molecule has 0 aliphatic carbocycles. The lowest BCUT2D eigenvalue weighted by Gasteiger charge is -2.20. The normalized spacial score (nSPS) is 11.2. The van der Waals surface area contributed by atoms with Crippen LogP contribution < -0.4 is 10.6 Å². The standard InChI is InChI=1S/C22H24N2O4/c1-22(2,3)28-21(26)24-19-14-16-8-5-4-7-15(16)13-18(19)20(25)23-11-10-17-9-6-12-27-17/h4-9,12-14H,10-11H2,1-3H3,(H,23,25)(H,24,26). The quantitative estimate of drug-likeness (QED) is 0.669. The average molecular weight is 380 g/mol. The van der Waals surface area contributed by atoms with Gasteiger partial charge in [0.1, 0.15) is 11.4 Å². The summed E-state index contributed by atoms with van der Waals surface area (Å²) in [6, 6.07) is 14.9. The van der Waals surface area contributed by atoms with Crippen molar-refractivity contribution in [3.63, 3.8) is 0 Å². The Kier molecular flexibility index (Phi) is 5.68. The molecule has 0 radical (unpaired) electrons. The molecule has 0 atom stereocenters. The second-order valence-corrected chi connectivity index (χ2v) is 7.46. The summed E-state index contributed by atoms with van der Waals surface area (Å²) < 4.78 is 10.6.